The second-order valence-electron chi connectivity index (χ2n) is 13.2. The molecule has 1 saturated carbocycles. The molecule has 4 aliphatic rings. The summed E-state index contributed by atoms with van der Waals surface area (Å²) in [4.78, 5) is 31.0. The molecular weight excluding hydrogens is 573 g/mol. The molecule has 2 heterocycles. The average molecular weight is 613 g/mol. The number of carbonyl (C=O) groups is 2. The molecule has 0 radical (unpaired) electrons. The van der Waals surface area contributed by atoms with Crippen LogP contribution in [0.4, 0.5) is 13.2 Å². The molecule has 2 bridgehead atoms. The van der Waals surface area contributed by atoms with Gasteiger partial charge in [-0.3, -0.25) is 9.59 Å². The van der Waals surface area contributed by atoms with Crippen LogP contribution in [0.2, 0.25) is 0 Å². The third-order valence-electron chi connectivity index (χ3n) is 10.1. The van der Waals surface area contributed by atoms with Crippen molar-refractivity contribution >= 4 is 17.8 Å². The smallest absolute Gasteiger partial charge is 0.416 e. The van der Waals surface area contributed by atoms with Crippen molar-refractivity contribution in [1.29, 1.82) is 0 Å². The Labute approximate surface area is 255 Å². The minimum atomic E-state index is -4.48. The van der Waals surface area contributed by atoms with Crippen LogP contribution in [0.1, 0.15) is 65.7 Å². The van der Waals surface area contributed by atoms with Gasteiger partial charge in [-0.15, -0.1) is 0 Å². The number of hydrogen-bond donors (Lipinski definition) is 1. The van der Waals surface area contributed by atoms with Crippen molar-refractivity contribution in [2.45, 2.75) is 69.3 Å². The highest BCUT2D eigenvalue weighted by Gasteiger charge is 2.66. The molecule has 2 unspecified atom stereocenters. The van der Waals surface area contributed by atoms with Crippen molar-refractivity contribution in [2.75, 3.05) is 33.9 Å². The molecule has 2 aromatic rings. The summed E-state index contributed by atoms with van der Waals surface area (Å²) in [5, 5.41) is 11.4. The number of likely N-dealkylation sites (N-methyl/N-ethyl adjacent to an activating group) is 1. The Kier molecular flexibility index (Phi) is 7.81. The van der Waals surface area contributed by atoms with E-state index in [9.17, 15) is 27.9 Å². The van der Waals surface area contributed by atoms with Crippen molar-refractivity contribution in [3.63, 3.8) is 0 Å². The number of ketones is 1. The lowest BCUT2D eigenvalue weighted by Crippen LogP contribution is -2.68. The summed E-state index contributed by atoms with van der Waals surface area (Å²) in [5.41, 5.74) is 1.25. The number of ether oxygens (including phenoxy) is 2. The van der Waals surface area contributed by atoms with Crippen LogP contribution in [0.25, 0.3) is 6.08 Å². The fourth-order valence-electron chi connectivity index (χ4n) is 8.39. The van der Waals surface area contributed by atoms with Crippen LogP contribution in [0, 0.1) is 11.8 Å². The van der Waals surface area contributed by atoms with E-state index in [1.165, 1.54) is 25.3 Å². The number of aromatic hydroxyl groups is 1. The van der Waals surface area contributed by atoms with E-state index in [4.69, 9.17) is 9.47 Å². The van der Waals surface area contributed by atoms with Gasteiger partial charge in [0.2, 0.25) is 5.91 Å². The zero-order valence-electron chi connectivity index (χ0n) is 25.5. The fourth-order valence-corrected chi connectivity index (χ4v) is 8.39. The Hall–Kier alpha value is -3.37. The number of amides is 1. The number of carbonyl (C=O) groups excluding carboxylic acids is 2. The van der Waals surface area contributed by atoms with Gasteiger partial charge in [0.1, 0.15) is 12.7 Å². The molecule has 1 spiro atoms. The molecular formula is C34H39F3N2O5. The molecule has 5 atom stereocenters. The quantitative estimate of drug-likeness (QED) is 0.315. The number of Topliss-reactive ketones (excluding diaryl/α,β-unsaturated/α-hetero) is 1. The van der Waals surface area contributed by atoms with Crippen LogP contribution < -0.4 is 4.74 Å². The first-order valence-electron chi connectivity index (χ1n) is 15.3. The van der Waals surface area contributed by atoms with Crippen LogP contribution in [0.15, 0.2) is 36.4 Å². The molecule has 6 rings (SSSR count). The lowest BCUT2D eigenvalue weighted by molar-refractivity contribution is -0.138. The number of piperidine rings is 1. The summed E-state index contributed by atoms with van der Waals surface area (Å²) in [5.74, 6) is -0.0599. The van der Waals surface area contributed by atoms with E-state index in [-0.39, 0.29) is 59.1 Å². The van der Waals surface area contributed by atoms with Gasteiger partial charge < -0.3 is 24.4 Å². The number of likely N-dealkylation sites (tertiary alicyclic amines) is 1. The van der Waals surface area contributed by atoms with Crippen molar-refractivity contribution in [2.24, 2.45) is 11.8 Å². The first-order chi connectivity index (χ1) is 20.9. The van der Waals surface area contributed by atoms with Gasteiger partial charge in [-0.05, 0) is 86.5 Å². The Morgan fingerprint density at radius 2 is 2.02 bits per heavy atom. The number of rotatable bonds is 8. The summed E-state index contributed by atoms with van der Waals surface area (Å²) in [6, 6.07) is 6.63. The third kappa shape index (κ3) is 4.90. The van der Waals surface area contributed by atoms with E-state index in [1.54, 1.807) is 6.07 Å². The molecule has 2 aliphatic carbocycles. The van der Waals surface area contributed by atoms with Gasteiger partial charge in [0.05, 0.1) is 17.2 Å². The molecule has 2 aromatic carbocycles. The van der Waals surface area contributed by atoms with Crippen LogP contribution >= 0.6 is 0 Å². The van der Waals surface area contributed by atoms with Gasteiger partial charge in [-0.25, -0.2) is 0 Å². The first kappa shape index (κ1) is 30.6. The van der Waals surface area contributed by atoms with E-state index in [0.717, 1.165) is 49.1 Å². The van der Waals surface area contributed by atoms with Crippen LogP contribution in [-0.2, 0) is 27.5 Å². The summed E-state index contributed by atoms with van der Waals surface area (Å²) >= 11 is 0. The van der Waals surface area contributed by atoms with Crippen molar-refractivity contribution in [3.8, 4) is 11.5 Å². The van der Waals surface area contributed by atoms with Crippen molar-refractivity contribution in [1.82, 2.24) is 9.80 Å². The largest absolute Gasteiger partial charge is 0.504 e. The fraction of sp³-hybridized carbons (Fsp3) is 0.529. The van der Waals surface area contributed by atoms with Crippen LogP contribution in [0.5, 0.6) is 11.5 Å². The highest BCUT2D eigenvalue weighted by molar-refractivity contribution is 6.01. The molecule has 2 fully saturated rings. The van der Waals surface area contributed by atoms with E-state index in [0.29, 0.717) is 18.7 Å². The molecule has 10 heteroatoms. The maximum atomic E-state index is 13.9. The summed E-state index contributed by atoms with van der Waals surface area (Å²) < 4.78 is 51.7. The van der Waals surface area contributed by atoms with Gasteiger partial charge in [-0.2, -0.15) is 13.2 Å². The molecule has 1 amide bonds. The first-order valence-corrected chi connectivity index (χ1v) is 15.3. The lowest BCUT2D eigenvalue weighted by atomic mass is 9.51. The maximum Gasteiger partial charge on any atom is 0.416 e. The second kappa shape index (κ2) is 11.2. The molecule has 0 aromatic heterocycles. The minimum absolute atomic E-state index is 0.124. The molecule has 7 nitrogen and oxygen atoms in total. The topological polar surface area (TPSA) is 79.3 Å². The zero-order valence-corrected chi connectivity index (χ0v) is 25.5. The standard InChI is InChI=1S/C34H39F3N2O5/c1-19(2)17-39(28(41)11-8-20-6-5-7-22(14-20)34(35,36)37)25-10-9-24-26-16-21-15-23(27(40)18-43-4)30(42)31-29(21)33(24,32(25)44-31)12-13-38(26)3/h5-8,11,14-15,19,24-26,32,42H,9-10,12-13,16-18H2,1-4H3/t24-,25?,26+,32?,33-/m0/s1. The minimum Gasteiger partial charge on any atom is -0.504 e. The Morgan fingerprint density at radius 3 is 2.73 bits per heavy atom. The van der Waals surface area contributed by atoms with Crippen molar-refractivity contribution < 1.29 is 37.3 Å². The predicted octanol–water partition coefficient (Wildman–Crippen LogP) is 5.48. The number of halogens is 3. The molecule has 1 saturated heterocycles. The average Bonchev–Trinajstić information content (AvgIpc) is 3.33. The van der Waals surface area contributed by atoms with Gasteiger partial charge in [0.25, 0.3) is 0 Å². The summed E-state index contributed by atoms with van der Waals surface area (Å²) in [6.07, 6.45) is 0.965. The zero-order chi connectivity index (χ0) is 31.6. The second-order valence-corrected chi connectivity index (χ2v) is 13.2. The van der Waals surface area contributed by atoms with E-state index < -0.39 is 23.3 Å². The van der Waals surface area contributed by atoms with Crippen LogP contribution in [-0.4, -0.2) is 78.6 Å². The lowest BCUT2D eigenvalue weighted by Gasteiger charge is -2.60. The maximum absolute atomic E-state index is 13.9. The van der Waals surface area contributed by atoms with Gasteiger partial charge in [0, 0.05) is 36.8 Å². The predicted molar refractivity (Wildman–Crippen MR) is 159 cm³/mol. The number of methoxy groups -OCH3 is 1. The Morgan fingerprint density at radius 1 is 1.25 bits per heavy atom. The van der Waals surface area contributed by atoms with Gasteiger partial charge in [0.15, 0.2) is 17.3 Å². The van der Waals surface area contributed by atoms with E-state index in [1.807, 2.05) is 24.8 Å². The monoisotopic (exact) mass is 612 g/mol. The SMILES string of the molecule is COCC(=O)c1cc2c3c(c1O)OC1C(N(CC(C)C)C(=O)C=Cc4cccc(C(F)(F)F)c4)CC[C@H]4[C@@H](C2)N(C)CC[C@]314. The normalized spacial score (nSPS) is 27.4. The van der Waals surface area contributed by atoms with Gasteiger partial charge in [-0.1, -0.05) is 26.0 Å². The highest BCUT2D eigenvalue weighted by atomic mass is 19.4. The summed E-state index contributed by atoms with van der Waals surface area (Å²) in [6.45, 7) is 5.16. The Balaban J connectivity index is 1.39. The number of phenols is 1. The number of benzene rings is 2. The van der Waals surface area contributed by atoms with Gasteiger partial charge >= 0.3 is 6.18 Å². The van der Waals surface area contributed by atoms with Crippen LogP contribution in [0.3, 0.4) is 0 Å². The number of hydrogen-bond acceptors (Lipinski definition) is 6. The molecule has 2 aliphatic heterocycles. The van der Waals surface area contributed by atoms with E-state index >= 15 is 0 Å². The number of phenolic OH excluding ortho intramolecular Hbond substituents is 1. The number of nitrogens with zero attached hydrogens (tertiary/aromatic N) is 2. The number of alkyl halides is 3. The molecule has 236 valence electrons. The third-order valence-corrected chi connectivity index (χ3v) is 10.1. The Bertz CT molecular complexity index is 1500. The van der Waals surface area contributed by atoms with Crippen molar-refractivity contribution in [3.05, 3.63) is 64.2 Å². The molecule has 1 N–H and O–H groups in total. The molecule has 44 heavy (non-hydrogen) atoms. The highest BCUT2D eigenvalue weighted by Crippen LogP contribution is 2.64. The van der Waals surface area contributed by atoms with E-state index in [2.05, 4.69) is 11.9 Å². The summed E-state index contributed by atoms with van der Waals surface area (Å²) in [7, 11) is 3.57.